The highest BCUT2D eigenvalue weighted by Gasteiger charge is 2.27. The Bertz CT molecular complexity index is 896. The van der Waals surface area contributed by atoms with Gasteiger partial charge in [0.1, 0.15) is 0 Å². The van der Waals surface area contributed by atoms with E-state index in [1.807, 2.05) is 23.1 Å². The molecule has 29 heavy (non-hydrogen) atoms. The molecule has 0 bridgehead atoms. The SMILES string of the molecule is COC(=O)c1c(CC(=O)N2CCN(Cc3ccccc3)CC2)[nH]c(C(C)=O)c1C. The molecule has 1 aromatic heterocycles. The van der Waals surface area contributed by atoms with E-state index in [9.17, 15) is 14.4 Å². The number of nitrogens with zero attached hydrogens (tertiary/aromatic N) is 2. The molecule has 7 nitrogen and oxygen atoms in total. The normalized spacial score (nSPS) is 14.7. The number of aromatic nitrogens is 1. The van der Waals surface area contributed by atoms with Crippen molar-refractivity contribution in [3.05, 3.63) is 58.4 Å². The fourth-order valence-electron chi connectivity index (χ4n) is 3.78. The van der Waals surface area contributed by atoms with Crippen molar-refractivity contribution in [2.75, 3.05) is 33.3 Å². The van der Waals surface area contributed by atoms with Crippen LogP contribution >= 0.6 is 0 Å². The fourth-order valence-corrected chi connectivity index (χ4v) is 3.78. The van der Waals surface area contributed by atoms with Crippen molar-refractivity contribution < 1.29 is 19.1 Å². The molecule has 2 heterocycles. The number of carbonyl (C=O) groups is 3. The Morgan fingerprint density at radius 3 is 2.31 bits per heavy atom. The number of nitrogens with one attached hydrogen (secondary N) is 1. The average Bonchev–Trinajstić information content (AvgIpc) is 3.04. The maximum atomic E-state index is 12.8. The summed E-state index contributed by atoms with van der Waals surface area (Å²) in [5.74, 6) is -0.784. The standard InChI is InChI=1S/C22H27N3O4/c1-15-20(22(28)29-3)18(23-21(15)16(2)26)13-19(27)25-11-9-24(10-12-25)14-17-7-5-4-6-8-17/h4-8,23H,9-14H2,1-3H3. The second kappa shape index (κ2) is 9.05. The molecule has 3 rings (SSSR count). The van der Waals surface area contributed by atoms with Crippen LogP contribution in [0.1, 0.15) is 44.6 Å². The molecule has 1 aliphatic rings. The summed E-state index contributed by atoms with van der Waals surface area (Å²) >= 11 is 0. The van der Waals surface area contributed by atoms with Crippen molar-refractivity contribution in [1.82, 2.24) is 14.8 Å². The second-order valence-electron chi connectivity index (χ2n) is 7.35. The molecule has 0 saturated carbocycles. The summed E-state index contributed by atoms with van der Waals surface area (Å²) < 4.78 is 4.85. The van der Waals surface area contributed by atoms with Crippen molar-refractivity contribution in [2.24, 2.45) is 0 Å². The minimum Gasteiger partial charge on any atom is -0.465 e. The summed E-state index contributed by atoms with van der Waals surface area (Å²) in [6.07, 6.45) is 0.0389. The zero-order chi connectivity index (χ0) is 21.0. The number of benzene rings is 1. The number of rotatable bonds is 6. The topological polar surface area (TPSA) is 82.7 Å². The summed E-state index contributed by atoms with van der Waals surface area (Å²) in [5, 5.41) is 0. The number of carbonyl (C=O) groups excluding carboxylic acids is 3. The first kappa shape index (κ1) is 20.8. The van der Waals surface area contributed by atoms with Crippen molar-refractivity contribution in [1.29, 1.82) is 0 Å². The number of hydrogen-bond donors (Lipinski definition) is 1. The van der Waals surface area contributed by atoms with Crippen LogP contribution in [0.3, 0.4) is 0 Å². The Labute approximate surface area is 170 Å². The summed E-state index contributed by atoms with van der Waals surface area (Å²) in [6.45, 7) is 6.86. The minimum absolute atomic E-state index is 0.0389. The minimum atomic E-state index is -0.540. The van der Waals surface area contributed by atoms with Gasteiger partial charge in [0.15, 0.2) is 5.78 Å². The third-order valence-electron chi connectivity index (χ3n) is 5.37. The van der Waals surface area contributed by atoms with E-state index in [-0.39, 0.29) is 23.7 Å². The number of ether oxygens (including phenoxy) is 1. The number of aromatic amines is 1. The van der Waals surface area contributed by atoms with Gasteiger partial charge in [-0.25, -0.2) is 4.79 Å². The highest BCUT2D eigenvalue weighted by atomic mass is 16.5. The molecule has 1 amide bonds. The predicted molar refractivity (Wildman–Crippen MR) is 109 cm³/mol. The van der Waals surface area contributed by atoms with Gasteiger partial charge in [-0.05, 0) is 18.1 Å². The van der Waals surface area contributed by atoms with Crippen LogP contribution in [-0.4, -0.2) is 65.7 Å². The second-order valence-corrected chi connectivity index (χ2v) is 7.35. The van der Waals surface area contributed by atoms with Crippen LogP contribution in [0.5, 0.6) is 0 Å². The molecule has 0 atom stereocenters. The van der Waals surface area contributed by atoms with E-state index in [2.05, 4.69) is 22.0 Å². The Kier molecular flexibility index (Phi) is 6.49. The summed E-state index contributed by atoms with van der Waals surface area (Å²) in [6, 6.07) is 10.3. The quantitative estimate of drug-likeness (QED) is 0.597. The lowest BCUT2D eigenvalue weighted by Crippen LogP contribution is -2.48. The summed E-state index contributed by atoms with van der Waals surface area (Å²) in [5.41, 5.74) is 2.86. The number of hydrogen-bond acceptors (Lipinski definition) is 5. The molecule has 1 N–H and O–H groups in total. The summed E-state index contributed by atoms with van der Waals surface area (Å²) in [7, 11) is 1.29. The largest absolute Gasteiger partial charge is 0.465 e. The summed E-state index contributed by atoms with van der Waals surface area (Å²) in [4.78, 5) is 44.0. The smallest absolute Gasteiger partial charge is 0.339 e. The molecule has 0 spiro atoms. The van der Waals surface area contributed by atoms with E-state index in [0.29, 0.717) is 30.0 Å². The Balaban J connectivity index is 1.64. The molecule has 1 aliphatic heterocycles. The van der Waals surface area contributed by atoms with E-state index in [1.54, 1.807) is 6.92 Å². The van der Waals surface area contributed by atoms with Gasteiger partial charge in [0.2, 0.25) is 5.91 Å². The molecule has 2 aromatic rings. The number of H-pyrrole nitrogens is 1. The number of Topliss-reactive ketones (excluding diaryl/α,β-unsaturated/α-hetero) is 1. The lowest BCUT2D eigenvalue weighted by molar-refractivity contribution is -0.132. The van der Waals surface area contributed by atoms with Gasteiger partial charge < -0.3 is 14.6 Å². The first-order valence-corrected chi connectivity index (χ1v) is 9.75. The Morgan fingerprint density at radius 1 is 1.07 bits per heavy atom. The van der Waals surface area contributed by atoms with Gasteiger partial charge in [0, 0.05) is 45.3 Å². The van der Waals surface area contributed by atoms with E-state index in [0.717, 1.165) is 19.6 Å². The van der Waals surface area contributed by atoms with E-state index >= 15 is 0 Å². The number of amides is 1. The van der Waals surface area contributed by atoms with Crippen molar-refractivity contribution in [3.63, 3.8) is 0 Å². The molecule has 0 radical (unpaired) electrons. The fraction of sp³-hybridized carbons (Fsp3) is 0.409. The molecule has 0 aliphatic carbocycles. The Morgan fingerprint density at radius 2 is 1.72 bits per heavy atom. The van der Waals surface area contributed by atoms with Crippen LogP contribution in [0, 0.1) is 6.92 Å². The van der Waals surface area contributed by atoms with E-state index in [1.165, 1.54) is 19.6 Å². The monoisotopic (exact) mass is 397 g/mol. The van der Waals surface area contributed by atoms with E-state index in [4.69, 9.17) is 4.74 Å². The van der Waals surface area contributed by atoms with Crippen molar-refractivity contribution in [2.45, 2.75) is 26.8 Å². The van der Waals surface area contributed by atoms with Gasteiger partial charge in [-0.15, -0.1) is 0 Å². The first-order valence-electron chi connectivity index (χ1n) is 9.75. The molecular formula is C22H27N3O4. The predicted octanol–water partition coefficient (Wildman–Crippen LogP) is 2.20. The van der Waals surface area contributed by atoms with E-state index < -0.39 is 5.97 Å². The third kappa shape index (κ3) is 4.74. The van der Waals surface area contributed by atoms with Crippen LogP contribution in [0.25, 0.3) is 0 Å². The van der Waals surface area contributed by atoms with Crippen LogP contribution in [-0.2, 0) is 22.5 Å². The number of methoxy groups -OCH3 is 1. The first-order chi connectivity index (χ1) is 13.9. The van der Waals surface area contributed by atoms with Gasteiger partial charge in [0.25, 0.3) is 0 Å². The molecular weight excluding hydrogens is 370 g/mol. The number of piperazine rings is 1. The van der Waals surface area contributed by atoms with Crippen molar-refractivity contribution in [3.8, 4) is 0 Å². The van der Waals surface area contributed by atoms with Crippen LogP contribution in [0.4, 0.5) is 0 Å². The highest BCUT2D eigenvalue weighted by molar-refractivity contribution is 6.01. The van der Waals surface area contributed by atoms with Crippen molar-refractivity contribution >= 4 is 17.7 Å². The van der Waals surface area contributed by atoms with Gasteiger partial charge in [-0.1, -0.05) is 30.3 Å². The van der Waals surface area contributed by atoms with Crippen LogP contribution in [0.15, 0.2) is 30.3 Å². The van der Waals surface area contributed by atoms with Gasteiger partial charge in [-0.2, -0.15) is 0 Å². The molecule has 1 aromatic carbocycles. The maximum Gasteiger partial charge on any atom is 0.339 e. The molecule has 7 heteroatoms. The van der Waals surface area contributed by atoms with Crippen LogP contribution in [0.2, 0.25) is 0 Å². The molecule has 154 valence electrons. The Hall–Kier alpha value is -2.93. The molecule has 1 saturated heterocycles. The lowest BCUT2D eigenvalue weighted by Gasteiger charge is -2.34. The zero-order valence-corrected chi connectivity index (χ0v) is 17.2. The average molecular weight is 397 g/mol. The highest BCUT2D eigenvalue weighted by Crippen LogP contribution is 2.21. The number of ketones is 1. The van der Waals surface area contributed by atoms with Gasteiger partial charge in [-0.3, -0.25) is 14.5 Å². The molecule has 1 fully saturated rings. The van der Waals surface area contributed by atoms with Crippen LogP contribution < -0.4 is 0 Å². The molecule has 0 unspecified atom stereocenters. The van der Waals surface area contributed by atoms with Gasteiger partial charge in [0.05, 0.1) is 24.8 Å². The lowest BCUT2D eigenvalue weighted by atomic mass is 10.1. The number of esters is 1. The van der Waals surface area contributed by atoms with Gasteiger partial charge >= 0.3 is 5.97 Å². The third-order valence-corrected chi connectivity index (χ3v) is 5.37. The zero-order valence-electron chi connectivity index (χ0n) is 17.2. The maximum absolute atomic E-state index is 12.8.